The number of hydrogen-bond acceptors (Lipinski definition) is 6. The predicted molar refractivity (Wildman–Crippen MR) is 94.8 cm³/mol. The van der Waals surface area contributed by atoms with Gasteiger partial charge in [-0.15, -0.1) is 0 Å². The van der Waals surface area contributed by atoms with Crippen molar-refractivity contribution in [2.45, 2.75) is 0 Å². The average molecular weight is 335 g/mol. The molecule has 0 aliphatic carbocycles. The Balaban J connectivity index is 1.53. The van der Waals surface area contributed by atoms with E-state index in [2.05, 4.69) is 25.2 Å². The summed E-state index contributed by atoms with van der Waals surface area (Å²) in [5, 5.41) is 3.82. The number of rotatable bonds is 3. The van der Waals surface area contributed by atoms with Gasteiger partial charge in [0.1, 0.15) is 17.8 Å². The standard InChI is InChI=1S/C18H17N5O2/c24-18(22-14-9-13-3-1-2-4-15(13)19-11-14)16-10-17(21-12-20-16)23-5-7-25-8-6-23/h1-4,9-12H,5-8H2,(H,22,24). The normalized spacial score (nSPS) is 14.5. The van der Waals surface area contributed by atoms with Gasteiger partial charge in [0.05, 0.1) is 30.6 Å². The summed E-state index contributed by atoms with van der Waals surface area (Å²) < 4.78 is 5.34. The lowest BCUT2D eigenvalue weighted by Gasteiger charge is -2.27. The molecule has 7 heteroatoms. The van der Waals surface area contributed by atoms with Crippen LogP contribution in [0, 0.1) is 0 Å². The highest BCUT2D eigenvalue weighted by Crippen LogP contribution is 2.18. The quantitative estimate of drug-likeness (QED) is 0.790. The number of carbonyl (C=O) groups is 1. The van der Waals surface area contributed by atoms with Crippen LogP contribution in [0.1, 0.15) is 10.5 Å². The van der Waals surface area contributed by atoms with Gasteiger partial charge in [-0.05, 0) is 12.1 Å². The number of pyridine rings is 1. The zero-order chi connectivity index (χ0) is 17.1. The SMILES string of the molecule is O=C(Nc1cnc2ccccc2c1)c1cc(N2CCOCC2)ncn1. The van der Waals surface area contributed by atoms with E-state index in [1.165, 1.54) is 6.33 Å². The molecule has 25 heavy (non-hydrogen) atoms. The third-order valence-electron chi connectivity index (χ3n) is 4.07. The van der Waals surface area contributed by atoms with Gasteiger partial charge in [0.2, 0.25) is 0 Å². The fourth-order valence-corrected chi connectivity index (χ4v) is 2.77. The summed E-state index contributed by atoms with van der Waals surface area (Å²) in [7, 11) is 0. The monoisotopic (exact) mass is 335 g/mol. The first-order valence-electron chi connectivity index (χ1n) is 8.10. The van der Waals surface area contributed by atoms with Crippen molar-refractivity contribution in [2.75, 3.05) is 36.5 Å². The van der Waals surface area contributed by atoms with Gasteiger partial charge in [0.15, 0.2) is 0 Å². The third kappa shape index (κ3) is 3.41. The van der Waals surface area contributed by atoms with Crippen LogP contribution >= 0.6 is 0 Å². The lowest BCUT2D eigenvalue weighted by atomic mass is 10.2. The Labute approximate surface area is 144 Å². The number of carbonyl (C=O) groups excluding carboxylic acids is 1. The minimum absolute atomic E-state index is 0.283. The van der Waals surface area contributed by atoms with Crippen LogP contribution in [-0.2, 0) is 4.74 Å². The lowest BCUT2D eigenvalue weighted by molar-refractivity contribution is 0.102. The summed E-state index contributed by atoms with van der Waals surface area (Å²) in [6, 6.07) is 11.4. The molecule has 3 heterocycles. The third-order valence-corrected chi connectivity index (χ3v) is 4.07. The van der Waals surface area contributed by atoms with Gasteiger partial charge in [-0.2, -0.15) is 0 Å². The molecule has 1 fully saturated rings. The molecular weight excluding hydrogens is 318 g/mol. The molecule has 126 valence electrons. The molecule has 1 aromatic carbocycles. The molecule has 1 amide bonds. The van der Waals surface area contributed by atoms with Gasteiger partial charge in [0, 0.05) is 24.5 Å². The molecule has 0 saturated carbocycles. The van der Waals surface area contributed by atoms with E-state index in [4.69, 9.17) is 4.74 Å². The molecule has 0 bridgehead atoms. The predicted octanol–water partition coefficient (Wildman–Crippen LogP) is 2.11. The molecule has 1 N–H and O–H groups in total. The van der Waals surface area contributed by atoms with Crippen LogP contribution in [0.2, 0.25) is 0 Å². The average Bonchev–Trinajstić information content (AvgIpc) is 2.69. The molecule has 4 rings (SSSR count). The van der Waals surface area contributed by atoms with E-state index < -0.39 is 0 Å². The number of ether oxygens (including phenoxy) is 1. The van der Waals surface area contributed by atoms with E-state index in [0.29, 0.717) is 24.6 Å². The Morgan fingerprint density at radius 1 is 1.08 bits per heavy atom. The van der Waals surface area contributed by atoms with Crippen LogP contribution in [0.4, 0.5) is 11.5 Å². The van der Waals surface area contributed by atoms with Gasteiger partial charge in [-0.3, -0.25) is 9.78 Å². The summed E-state index contributed by atoms with van der Waals surface area (Å²) in [5.74, 6) is 0.453. The fraction of sp³-hybridized carbons (Fsp3) is 0.222. The summed E-state index contributed by atoms with van der Waals surface area (Å²) in [5.41, 5.74) is 1.84. The zero-order valence-electron chi connectivity index (χ0n) is 13.6. The molecule has 2 aromatic heterocycles. The highest BCUT2D eigenvalue weighted by Gasteiger charge is 2.15. The molecule has 1 aliphatic rings. The van der Waals surface area contributed by atoms with Crippen molar-refractivity contribution in [2.24, 2.45) is 0 Å². The number of fused-ring (bicyclic) bond motifs is 1. The number of nitrogens with zero attached hydrogens (tertiary/aromatic N) is 4. The maximum Gasteiger partial charge on any atom is 0.274 e. The number of morpholine rings is 1. The molecule has 1 aliphatic heterocycles. The second-order valence-electron chi connectivity index (χ2n) is 5.73. The van der Waals surface area contributed by atoms with E-state index in [9.17, 15) is 4.79 Å². The van der Waals surface area contributed by atoms with E-state index >= 15 is 0 Å². The van der Waals surface area contributed by atoms with Gasteiger partial charge in [-0.25, -0.2) is 9.97 Å². The van der Waals surface area contributed by atoms with Crippen LogP contribution in [0.25, 0.3) is 10.9 Å². The first-order chi connectivity index (χ1) is 12.3. The first kappa shape index (κ1) is 15.5. The maximum absolute atomic E-state index is 12.5. The van der Waals surface area contributed by atoms with Gasteiger partial charge < -0.3 is 15.0 Å². The Kier molecular flexibility index (Phi) is 4.22. The summed E-state index contributed by atoms with van der Waals surface area (Å²) in [6.07, 6.45) is 3.06. The second kappa shape index (κ2) is 6.82. The lowest BCUT2D eigenvalue weighted by Crippen LogP contribution is -2.37. The van der Waals surface area contributed by atoms with Crippen LogP contribution in [0.15, 0.2) is 48.9 Å². The molecule has 7 nitrogen and oxygen atoms in total. The van der Waals surface area contributed by atoms with E-state index in [-0.39, 0.29) is 5.91 Å². The highest BCUT2D eigenvalue weighted by atomic mass is 16.5. The van der Waals surface area contributed by atoms with Crippen LogP contribution in [0.5, 0.6) is 0 Å². The summed E-state index contributed by atoms with van der Waals surface area (Å²) in [4.78, 5) is 27.3. The van der Waals surface area contributed by atoms with Crippen molar-refractivity contribution >= 4 is 28.3 Å². The smallest absolute Gasteiger partial charge is 0.274 e. The second-order valence-corrected chi connectivity index (χ2v) is 5.73. The molecular formula is C18H17N5O2. The Morgan fingerprint density at radius 2 is 1.92 bits per heavy atom. The number of hydrogen-bond donors (Lipinski definition) is 1. The summed E-state index contributed by atoms with van der Waals surface area (Å²) in [6.45, 7) is 2.84. The maximum atomic E-state index is 12.5. The van der Waals surface area contributed by atoms with E-state index in [0.717, 1.165) is 29.8 Å². The first-order valence-corrected chi connectivity index (χ1v) is 8.10. The minimum Gasteiger partial charge on any atom is -0.378 e. The number of anilines is 2. The zero-order valence-corrected chi connectivity index (χ0v) is 13.6. The number of nitrogens with one attached hydrogen (secondary N) is 1. The number of para-hydroxylation sites is 1. The fourth-order valence-electron chi connectivity index (χ4n) is 2.77. The summed E-state index contributed by atoms with van der Waals surface area (Å²) >= 11 is 0. The molecule has 0 atom stereocenters. The van der Waals surface area contributed by atoms with Crippen molar-refractivity contribution in [3.05, 3.63) is 54.6 Å². The topological polar surface area (TPSA) is 80.2 Å². The van der Waals surface area contributed by atoms with Crippen molar-refractivity contribution < 1.29 is 9.53 Å². The highest BCUT2D eigenvalue weighted by molar-refractivity contribution is 6.03. The molecule has 0 radical (unpaired) electrons. The Morgan fingerprint density at radius 3 is 2.80 bits per heavy atom. The molecule has 1 saturated heterocycles. The molecule has 0 unspecified atom stereocenters. The van der Waals surface area contributed by atoms with E-state index in [1.54, 1.807) is 12.3 Å². The van der Waals surface area contributed by atoms with Crippen molar-refractivity contribution in [1.29, 1.82) is 0 Å². The van der Waals surface area contributed by atoms with Crippen molar-refractivity contribution in [1.82, 2.24) is 15.0 Å². The van der Waals surface area contributed by atoms with Gasteiger partial charge in [0.25, 0.3) is 5.91 Å². The van der Waals surface area contributed by atoms with Crippen LogP contribution < -0.4 is 10.2 Å². The van der Waals surface area contributed by atoms with Crippen molar-refractivity contribution in [3.8, 4) is 0 Å². The van der Waals surface area contributed by atoms with Gasteiger partial charge in [-0.1, -0.05) is 18.2 Å². The number of benzene rings is 1. The molecule has 0 spiro atoms. The Hall–Kier alpha value is -3.06. The van der Waals surface area contributed by atoms with Gasteiger partial charge >= 0.3 is 0 Å². The minimum atomic E-state index is -0.283. The van der Waals surface area contributed by atoms with E-state index in [1.807, 2.05) is 30.3 Å². The Bertz CT molecular complexity index is 909. The number of amides is 1. The largest absolute Gasteiger partial charge is 0.378 e. The number of aromatic nitrogens is 3. The molecule has 3 aromatic rings. The van der Waals surface area contributed by atoms with Crippen LogP contribution in [0.3, 0.4) is 0 Å². The van der Waals surface area contributed by atoms with Crippen molar-refractivity contribution in [3.63, 3.8) is 0 Å². The van der Waals surface area contributed by atoms with Crippen LogP contribution in [-0.4, -0.2) is 47.2 Å².